The lowest BCUT2D eigenvalue weighted by Gasteiger charge is -2.38. The van der Waals surface area contributed by atoms with Crippen LogP contribution in [0.1, 0.15) is 6.92 Å². The molecule has 0 saturated carbocycles. The number of methoxy groups -OCH3 is 1. The largest absolute Gasteiger partial charge is 0.495 e. The van der Waals surface area contributed by atoms with Gasteiger partial charge in [-0.2, -0.15) is 0 Å². The summed E-state index contributed by atoms with van der Waals surface area (Å²) in [6, 6.07) is 16.0. The summed E-state index contributed by atoms with van der Waals surface area (Å²) in [5, 5.41) is 3.07. The highest BCUT2D eigenvalue weighted by atomic mass is 16.5. The third kappa shape index (κ3) is 5.11. The first-order valence-electron chi connectivity index (χ1n) is 11.0. The van der Waals surface area contributed by atoms with E-state index in [9.17, 15) is 4.79 Å². The lowest BCUT2D eigenvalue weighted by atomic mass is 10.1. The lowest BCUT2D eigenvalue weighted by molar-refractivity contribution is -0.120. The molecule has 0 spiro atoms. The molecule has 0 aromatic heterocycles. The van der Waals surface area contributed by atoms with Crippen molar-refractivity contribution in [2.75, 3.05) is 74.7 Å². The van der Waals surface area contributed by atoms with Gasteiger partial charge in [-0.25, -0.2) is 0 Å². The van der Waals surface area contributed by atoms with Gasteiger partial charge in [0.05, 0.1) is 32.1 Å². The summed E-state index contributed by atoms with van der Waals surface area (Å²) >= 11 is 0. The SMILES string of the molecule is COc1ccccc1N1CCN(C(C)C(=O)Nc2ccc(N3CCOCC3)cc2)CC1. The van der Waals surface area contributed by atoms with Gasteiger partial charge in [-0.05, 0) is 43.3 Å². The average molecular weight is 425 g/mol. The van der Waals surface area contributed by atoms with Crippen LogP contribution in [0.5, 0.6) is 5.75 Å². The van der Waals surface area contributed by atoms with Gasteiger partial charge in [0.15, 0.2) is 0 Å². The maximum atomic E-state index is 12.8. The van der Waals surface area contributed by atoms with Crippen LogP contribution in [-0.2, 0) is 9.53 Å². The molecule has 1 amide bonds. The number of anilines is 3. The molecule has 7 nitrogen and oxygen atoms in total. The van der Waals surface area contributed by atoms with Crippen molar-refractivity contribution in [3.8, 4) is 5.75 Å². The summed E-state index contributed by atoms with van der Waals surface area (Å²) in [6.45, 7) is 8.73. The molecule has 2 aliphatic heterocycles. The van der Waals surface area contributed by atoms with Crippen LogP contribution >= 0.6 is 0 Å². The minimum absolute atomic E-state index is 0.0323. The monoisotopic (exact) mass is 424 g/mol. The topological polar surface area (TPSA) is 57.3 Å². The number of carbonyl (C=O) groups is 1. The number of nitrogens with zero attached hydrogens (tertiary/aromatic N) is 3. The molecule has 2 aromatic rings. The van der Waals surface area contributed by atoms with Crippen LogP contribution < -0.4 is 19.9 Å². The van der Waals surface area contributed by atoms with E-state index < -0.39 is 0 Å². The number of para-hydroxylation sites is 2. The Bertz CT molecular complexity index is 859. The molecule has 2 aromatic carbocycles. The molecule has 0 radical (unpaired) electrons. The summed E-state index contributed by atoms with van der Waals surface area (Å²) in [6.07, 6.45) is 0. The van der Waals surface area contributed by atoms with E-state index >= 15 is 0 Å². The fourth-order valence-electron chi connectivity index (χ4n) is 4.23. The minimum Gasteiger partial charge on any atom is -0.495 e. The zero-order valence-electron chi connectivity index (χ0n) is 18.4. The van der Waals surface area contributed by atoms with E-state index in [1.165, 1.54) is 5.69 Å². The van der Waals surface area contributed by atoms with Gasteiger partial charge in [0, 0.05) is 50.6 Å². The highest BCUT2D eigenvalue weighted by Gasteiger charge is 2.26. The highest BCUT2D eigenvalue weighted by molar-refractivity contribution is 5.94. The lowest BCUT2D eigenvalue weighted by Crippen LogP contribution is -2.52. The first kappa shape index (κ1) is 21.5. The minimum atomic E-state index is -0.182. The number of carbonyl (C=O) groups excluding carboxylic acids is 1. The van der Waals surface area contributed by atoms with Crippen LogP contribution in [0.3, 0.4) is 0 Å². The van der Waals surface area contributed by atoms with Crippen molar-refractivity contribution in [3.63, 3.8) is 0 Å². The van der Waals surface area contributed by atoms with Crippen molar-refractivity contribution in [2.24, 2.45) is 0 Å². The molecule has 4 rings (SSSR count). The second-order valence-corrected chi connectivity index (χ2v) is 8.01. The number of nitrogens with one attached hydrogen (secondary N) is 1. The molecule has 2 saturated heterocycles. The summed E-state index contributed by atoms with van der Waals surface area (Å²) in [7, 11) is 1.70. The molecule has 1 unspecified atom stereocenters. The quantitative estimate of drug-likeness (QED) is 0.770. The Hall–Kier alpha value is -2.77. The number of amides is 1. The molecule has 2 fully saturated rings. The number of benzene rings is 2. The number of rotatable bonds is 6. The normalized spacial score (nSPS) is 18.5. The highest BCUT2D eigenvalue weighted by Crippen LogP contribution is 2.28. The van der Waals surface area contributed by atoms with Crippen molar-refractivity contribution >= 4 is 23.0 Å². The Kier molecular flexibility index (Phi) is 6.94. The van der Waals surface area contributed by atoms with E-state index in [2.05, 4.69) is 38.2 Å². The number of hydrogen-bond acceptors (Lipinski definition) is 6. The van der Waals surface area contributed by atoms with Crippen molar-refractivity contribution in [1.82, 2.24) is 4.90 Å². The van der Waals surface area contributed by atoms with Gasteiger partial charge in [0.25, 0.3) is 0 Å². The molecule has 2 aliphatic rings. The van der Waals surface area contributed by atoms with Crippen LogP contribution in [0, 0.1) is 0 Å². The molecule has 2 heterocycles. The van der Waals surface area contributed by atoms with Gasteiger partial charge in [-0.1, -0.05) is 12.1 Å². The van der Waals surface area contributed by atoms with E-state index in [0.29, 0.717) is 0 Å². The van der Waals surface area contributed by atoms with Gasteiger partial charge >= 0.3 is 0 Å². The molecule has 31 heavy (non-hydrogen) atoms. The van der Waals surface area contributed by atoms with Crippen LogP contribution in [0.25, 0.3) is 0 Å². The molecule has 0 bridgehead atoms. The van der Waals surface area contributed by atoms with Crippen LogP contribution in [-0.4, -0.2) is 76.4 Å². The first-order chi connectivity index (χ1) is 15.2. The Labute approximate surface area is 184 Å². The van der Waals surface area contributed by atoms with E-state index in [-0.39, 0.29) is 11.9 Å². The van der Waals surface area contributed by atoms with E-state index in [4.69, 9.17) is 9.47 Å². The predicted molar refractivity (Wildman–Crippen MR) is 124 cm³/mol. The van der Waals surface area contributed by atoms with Gasteiger partial charge in [-0.15, -0.1) is 0 Å². The van der Waals surface area contributed by atoms with Crippen LogP contribution in [0.4, 0.5) is 17.1 Å². The van der Waals surface area contributed by atoms with Crippen molar-refractivity contribution in [2.45, 2.75) is 13.0 Å². The standard InChI is InChI=1S/C24H32N4O3/c1-19(26-11-13-28(14-12-26)22-5-3-4-6-23(22)30-2)24(29)25-20-7-9-21(10-8-20)27-15-17-31-18-16-27/h3-10,19H,11-18H2,1-2H3,(H,25,29). The molecule has 7 heteroatoms. The number of ether oxygens (including phenoxy) is 2. The number of hydrogen-bond donors (Lipinski definition) is 1. The zero-order valence-corrected chi connectivity index (χ0v) is 18.4. The van der Waals surface area contributed by atoms with Gasteiger partial charge in [-0.3, -0.25) is 9.69 Å². The van der Waals surface area contributed by atoms with Gasteiger partial charge < -0.3 is 24.6 Å². The summed E-state index contributed by atoms with van der Waals surface area (Å²) in [4.78, 5) is 19.7. The second kappa shape index (κ2) is 10.0. The maximum absolute atomic E-state index is 12.8. The third-order valence-corrected chi connectivity index (χ3v) is 6.18. The van der Waals surface area contributed by atoms with E-state index in [1.54, 1.807) is 7.11 Å². The average Bonchev–Trinajstić information content (AvgIpc) is 2.84. The first-order valence-corrected chi connectivity index (χ1v) is 11.0. The third-order valence-electron chi connectivity index (χ3n) is 6.18. The zero-order chi connectivity index (χ0) is 21.6. The van der Waals surface area contributed by atoms with Gasteiger partial charge in [0.1, 0.15) is 5.75 Å². The molecule has 1 atom stereocenters. The number of morpholine rings is 1. The maximum Gasteiger partial charge on any atom is 0.241 e. The second-order valence-electron chi connectivity index (χ2n) is 8.01. The van der Waals surface area contributed by atoms with Crippen molar-refractivity contribution < 1.29 is 14.3 Å². The molecule has 1 N–H and O–H groups in total. The Morgan fingerprint density at radius 3 is 2.29 bits per heavy atom. The Morgan fingerprint density at radius 1 is 0.935 bits per heavy atom. The number of piperazine rings is 1. The summed E-state index contributed by atoms with van der Waals surface area (Å²) in [5.74, 6) is 0.923. The van der Waals surface area contributed by atoms with E-state index in [1.807, 2.05) is 37.3 Å². The summed E-state index contributed by atoms with van der Waals surface area (Å²) < 4.78 is 10.9. The van der Waals surface area contributed by atoms with E-state index in [0.717, 1.165) is 69.6 Å². The van der Waals surface area contributed by atoms with Crippen molar-refractivity contribution in [1.29, 1.82) is 0 Å². The predicted octanol–water partition coefficient (Wildman–Crippen LogP) is 2.68. The Morgan fingerprint density at radius 2 is 1.61 bits per heavy atom. The Balaban J connectivity index is 1.29. The van der Waals surface area contributed by atoms with Crippen molar-refractivity contribution in [3.05, 3.63) is 48.5 Å². The fraction of sp³-hybridized carbons (Fsp3) is 0.458. The molecule has 166 valence electrons. The van der Waals surface area contributed by atoms with Crippen LogP contribution in [0.15, 0.2) is 48.5 Å². The van der Waals surface area contributed by atoms with Gasteiger partial charge in [0.2, 0.25) is 5.91 Å². The summed E-state index contributed by atoms with van der Waals surface area (Å²) in [5.41, 5.74) is 3.12. The molecular formula is C24H32N4O3. The van der Waals surface area contributed by atoms with Crippen LogP contribution in [0.2, 0.25) is 0 Å². The molecular weight excluding hydrogens is 392 g/mol. The smallest absolute Gasteiger partial charge is 0.241 e. The molecule has 0 aliphatic carbocycles. The fourth-order valence-corrected chi connectivity index (χ4v) is 4.23.